The van der Waals surface area contributed by atoms with Crippen molar-refractivity contribution in [3.63, 3.8) is 0 Å². The van der Waals surface area contributed by atoms with E-state index in [1.807, 2.05) is 0 Å². The van der Waals surface area contributed by atoms with E-state index in [2.05, 4.69) is 13.8 Å². The van der Waals surface area contributed by atoms with Crippen LogP contribution in [0.25, 0.3) is 0 Å². The molecule has 0 atom stereocenters. The molecule has 0 radical (unpaired) electrons. The van der Waals surface area contributed by atoms with Crippen LogP contribution >= 0.6 is 0 Å². The third kappa shape index (κ3) is 7.60. The van der Waals surface area contributed by atoms with Crippen LogP contribution in [0.15, 0.2) is 11.0 Å². The number of sulfone groups is 1. The number of allylic oxidation sites excluding steroid dienone is 1. The molecule has 0 N–H and O–H groups in total. The van der Waals surface area contributed by atoms with Gasteiger partial charge in [0.1, 0.15) is 0 Å². The largest absolute Gasteiger partial charge is 0.224 e. The van der Waals surface area contributed by atoms with Gasteiger partial charge in [-0.05, 0) is 25.7 Å². The Balaban J connectivity index is 4.46. The van der Waals surface area contributed by atoms with E-state index >= 15 is 0 Å². The van der Waals surface area contributed by atoms with Crippen LogP contribution in [-0.2, 0) is 9.84 Å². The topological polar surface area (TPSA) is 34.1 Å². The predicted molar refractivity (Wildman–Crippen MR) is 66.6 cm³/mol. The van der Waals surface area contributed by atoms with Crippen molar-refractivity contribution in [2.45, 2.75) is 59.3 Å². The van der Waals surface area contributed by atoms with Gasteiger partial charge in [-0.2, -0.15) is 0 Å². The minimum absolute atomic E-state index is 0.217. The van der Waals surface area contributed by atoms with Gasteiger partial charge in [-0.3, -0.25) is 0 Å². The van der Waals surface area contributed by atoms with E-state index in [1.54, 1.807) is 6.92 Å². The van der Waals surface area contributed by atoms with E-state index in [0.29, 0.717) is 0 Å². The molecule has 0 rings (SSSR count). The van der Waals surface area contributed by atoms with Crippen LogP contribution in [0.5, 0.6) is 0 Å². The molecule has 0 bridgehead atoms. The fourth-order valence-electron chi connectivity index (χ4n) is 1.39. The smallest absolute Gasteiger partial charge is 0.171 e. The molecule has 3 heteroatoms. The predicted octanol–water partition coefficient (Wildman–Crippen LogP) is 3.69. The Morgan fingerprint density at radius 1 is 1.00 bits per heavy atom. The van der Waals surface area contributed by atoms with E-state index in [1.165, 1.54) is 5.41 Å². The van der Waals surface area contributed by atoms with Crippen LogP contribution in [0.3, 0.4) is 0 Å². The van der Waals surface area contributed by atoms with E-state index in [4.69, 9.17) is 0 Å². The second-order valence-corrected chi connectivity index (χ2v) is 6.07. The van der Waals surface area contributed by atoms with Crippen LogP contribution in [0, 0.1) is 0 Å². The molecule has 0 aliphatic carbocycles. The van der Waals surface area contributed by atoms with Crippen molar-refractivity contribution >= 4 is 9.84 Å². The zero-order valence-corrected chi connectivity index (χ0v) is 11.1. The van der Waals surface area contributed by atoms with Crippen molar-refractivity contribution in [3.8, 4) is 0 Å². The summed E-state index contributed by atoms with van der Waals surface area (Å²) in [5.41, 5.74) is 1.11. The maximum atomic E-state index is 11.5. The average molecular weight is 232 g/mol. The summed E-state index contributed by atoms with van der Waals surface area (Å²) >= 11 is 0. The molecule has 0 aromatic heterocycles. The Bertz CT molecular complexity index is 266. The summed E-state index contributed by atoms with van der Waals surface area (Å²) < 4.78 is 22.9. The highest BCUT2D eigenvalue weighted by Gasteiger charge is 2.06. The summed E-state index contributed by atoms with van der Waals surface area (Å²) in [7, 11) is -2.94. The quantitative estimate of drug-likeness (QED) is 0.639. The maximum Gasteiger partial charge on any atom is 0.171 e. The summed E-state index contributed by atoms with van der Waals surface area (Å²) in [6.45, 7) is 5.96. The van der Waals surface area contributed by atoms with Gasteiger partial charge in [0.15, 0.2) is 9.84 Å². The molecule has 0 saturated heterocycles. The van der Waals surface area contributed by atoms with Crippen molar-refractivity contribution < 1.29 is 8.42 Å². The van der Waals surface area contributed by atoms with Gasteiger partial charge in [-0.15, -0.1) is 0 Å². The standard InChI is InChI=1S/C12H24O2S/c1-4-7-9-12(10-8-5-2)11-15(13,14)6-3/h11H,4-10H2,1-3H3. The van der Waals surface area contributed by atoms with Gasteiger partial charge >= 0.3 is 0 Å². The Morgan fingerprint density at radius 3 is 1.80 bits per heavy atom. The molecular formula is C12H24O2S. The van der Waals surface area contributed by atoms with Crippen LogP contribution in [0.1, 0.15) is 59.3 Å². The molecule has 0 aromatic rings. The monoisotopic (exact) mass is 232 g/mol. The zero-order valence-electron chi connectivity index (χ0n) is 10.3. The number of rotatable bonds is 8. The summed E-state index contributed by atoms with van der Waals surface area (Å²) in [6.07, 6.45) is 6.31. The molecule has 0 aliphatic heterocycles. The van der Waals surface area contributed by atoms with Crippen LogP contribution in [-0.4, -0.2) is 14.2 Å². The first-order valence-electron chi connectivity index (χ1n) is 5.97. The van der Waals surface area contributed by atoms with Gasteiger partial charge < -0.3 is 0 Å². The van der Waals surface area contributed by atoms with Gasteiger partial charge in [0.05, 0.1) is 5.75 Å². The zero-order chi connectivity index (χ0) is 11.7. The molecule has 0 spiro atoms. The maximum absolute atomic E-state index is 11.5. The lowest BCUT2D eigenvalue weighted by Gasteiger charge is -2.06. The van der Waals surface area contributed by atoms with Crippen molar-refractivity contribution in [1.82, 2.24) is 0 Å². The van der Waals surface area contributed by atoms with Gasteiger partial charge in [0.2, 0.25) is 0 Å². The molecular weight excluding hydrogens is 208 g/mol. The first-order valence-corrected chi connectivity index (χ1v) is 7.69. The van der Waals surface area contributed by atoms with Crippen molar-refractivity contribution in [2.75, 3.05) is 5.75 Å². The highest BCUT2D eigenvalue weighted by molar-refractivity contribution is 7.94. The fraction of sp³-hybridized carbons (Fsp3) is 0.833. The first-order chi connectivity index (χ1) is 7.05. The SMILES string of the molecule is CCCCC(=CS(=O)(=O)CC)CCCC. The first kappa shape index (κ1) is 14.7. The van der Waals surface area contributed by atoms with Crippen LogP contribution in [0.2, 0.25) is 0 Å². The number of hydrogen-bond acceptors (Lipinski definition) is 2. The summed E-state index contributed by atoms with van der Waals surface area (Å²) in [6, 6.07) is 0. The van der Waals surface area contributed by atoms with E-state index in [0.717, 1.165) is 44.1 Å². The summed E-state index contributed by atoms with van der Waals surface area (Å²) in [5, 5.41) is 1.51. The van der Waals surface area contributed by atoms with Gasteiger partial charge in [0, 0.05) is 5.41 Å². The summed E-state index contributed by atoms with van der Waals surface area (Å²) in [5.74, 6) is 0.217. The Hall–Kier alpha value is -0.310. The molecule has 2 nitrogen and oxygen atoms in total. The van der Waals surface area contributed by atoms with Crippen molar-refractivity contribution in [1.29, 1.82) is 0 Å². The highest BCUT2D eigenvalue weighted by atomic mass is 32.2. The Kier molecular flexibility index (Phi) is 7.75. The molecule has 0 fully saturated rings. The van der Waals surface area contributed by atoms with Crippen LogP contribution < -0.4 is 0 Å². The molecule has 0 unspecified atom stereocenters. The molecule has 0 amide bonds. The van der Waals surface area contributed by atoms with Crippen molar-refractivity contribution in [3.05, 3.63) is 11.0 Å². The molecule has 0 aromatic carbocycles. The lowest BCUT2D eigenvalue weighted by molar-refractivity contribution is 0.604. The lowest BCUT2D eigenvalue weighted by Crippen LogP contribution is -2.00. The molecule has 0 aliphatic rings. The third-order valence-electron chi connectivity index (χ3n) is 2.45. The van der Waals surface area contributed by atoms with Gasteiger partial charge in [-0.25, -0.2) is 8.42 Å². The summed E-state index contributed by atoms with van der Waals surface area (Å²) in [4.78, 5) is 0. The molecule has 0 saturated carbocycles. The van der Waals surface area contributed by atoms with Gasteiger partial charge in [-0.1, -0.05) is 39.2 Å². The van der Waals surface area contributed by atoms with Crippen LogP contribution in [0.4, 0.5) is 0 Å². The average Bonchev–Trinajstić information content (AvgIpc) is 2.22. The second-order valence-electron chi connectivity index (χ2n) is 3.93. The molecule has 15 heavy (non-hydrogen) atoms. The van der Waals surface area contributed by atoms with E-state index < -0.39 is 9.84 Å². The minimum atomic E-state index is -2.94. The molecule has 0 heterocycles. The van der Waals surface area contributed by atoms with Crippen molar-refractivity contribution in [2.24, 2.45) is 0 Å². The fourth-order valence-corrected chi connectivity index (χ4v) is 2.30. The lowest BCUT2D eigenvalue weighted by atomic mass is 10.1. The van der Waals surface area contributed by atoms with E-state index in [9.17, 15) is 8.42 Å². The third-order valence-corrected chi connectivity index (χ3v) is 3.95. The second kappa shape index (κ2) is 7.91. The number of unbranched alkanes of at least 4 members (excludes halogenated alkanes) is 2. The Morgan fingerprint density at radius 2 is 1.47 bits per heavy atom. The normalized spacial score (nSPS) is 11.4. The highest BCUT2D eigenvalue weighted by Crippen LogP contribution is 2.16. The van der Waals surface area contributed by atoms with Gasteiger partial charge in [0.25, 0.3) is 0 Å². The number of hydrogen-bond donors (Lipinski definition) is 0. The minimum Gasteiger partial charge on any atom is -0.224 e. The Labute approximate surface area is 94.7 Å². The van der Waals surface area contributed by atoms with E-state index in [-0.39, 0.29) is 5.75 Å². The molecule has 90 valence electrons.